The lowest BCUT2D eigenvalue weighted by atomic mass is 9.98. The van der Waals surface area contributed by atoms with Crippen molar-refractivity contribution in [3.8, 4) is 6.07 Å². The van der Waals surface area contributed by atoms with Crippen LogP contribution in [-0.2, 0) is 17.1 Å². The number of esters is 1. The Morgan fingerprint density at radius 3 is 1.74 bits per heavy atom. The SMILES string of the molecule is N#CC(=C(OC(=O)c1ccccc1C(F)(F)F)c1ccccc1C(F)(F)F)c1ccc(Cl)cc1. The second-order valence-corrected chi connectivity index (χ2v) is 7.24. The van der Waals surface area contributed by atoms with Gasteiger partial charge in [0.05, 0.1) is 16.7 Å². The fourth-order valence-electron chi connectivity index (χ4n) is 3.09. The Labute approximate surface area is 194 Å². The van der Waals surface area contributed by atoms with E-state index in [0.717, 1.165) is 30.3 Å². The first-order valence-corrected chi connectivity index (χ1v) is 9.76. The molecule has 0 unspecified atom stereocenters. The van der Waals surface area contributed by atoms with E-state index >= 15 is 0 Å². The summed E-state index contributed by atoms with van der Waals surface area (Å²) < 4.78 is 86.4. The number of allylic oxidation sites excluding steroid dienone is 1. The van der Waals surface area contributed by atoms with E-state index in [9.17, 15) is 36.4 Å². The van der Waals surface area contributed by atoms with Crippen molar-refractivity contribution in [3.05, 3.63) is 106 Å². The van der Waals surface area contributed by atoms with Crippen molar-refractivity contribution in [1.82, 2.24) is 0 Å². The van der Waals surface area contributed by atoms with Crippen LogP contribution in [0.25, 0.3) is 11.3 Å². The molecule has 3 aromatic carbocycles. The first-order valence-electron chi connectivity index (χ1n) is 9.38. The topological polar surface area (TPSA) is 50.1 Å². The minimum absolute atomic E-state index is 0.0378. The highest BCUT2D eigenvalue weighted by Gasteiger charge is 2.38. The van der Waals surface area contributed by atoms with Gasteiger partial charge in [-0.3, -0.25) is 0 Å². The van der Waals surface area contributed by atoms with Gasteiger partial charge in [-0.05, 0) is 35.9 Å². The molecule has 0 aliphatic carbocycles. The van der Waals surface area contributed by atoms with Crippen molar-refractivity contribution < 1.29 is 35.9 Å². The molecule has 3 aromatic rings. The summed E-state index contributed by atoms with van der Waals surface area (Å²) >= 11 is 5.83. The van der Waals surface area contributed by atoms with Crippen molar-refractivity contribution in [2.75, 3.05) is 0 Å². The largest absolute Gasteiger partial charge is 0.421 e. The second-order valence-electron chi connectivity index (χ2n) is 6.80. The number of benzene rings is 3. The average molecular weight is 496 g/mol. The van der Waals surface area contributed by atoms with Crippen molar-refractivity contribution in [2.45, 2.75) is 12.4 Å². The van der Waals surface area contributed by atoms with E-state index in [0.29, 0.717) is 12.1 Å². The zero-order chi connectivity index (χ0) is 25.1. The summed E-state index contributed by atoms with van der Waals surface area (Å²) in [6, 6.07) is 14.6. The van der Waals surface area contributed by atoms with Gasteiger partial charge in [0.25, 0.3) is 0 Å². The van der Waals surface area contributed by atoms with Crippen LogP contribution in [0.4, 0.5) is 26.3 Å². The molecule has 0 saturated heterocycles. The number of hydrogen-bond donors (Lipinski definition) is 0. The number of halogens is 7. The smallest absolute Gasteiger partial charge is 0.417 e. The summed E-state index contributed by atoms with van der Waals surface area (Å²) in [4.78, 5) is 12.8. The van der Waals surface area contributed by atoms with Crippen molar-refractivity contribution in [2.24, 2.45) is 0 Å². The molecule has 0 aliphatic heterocycles. The molecular weight excluding hydrogens is 484 g/mol. The Balaban J connectivity index is 2.26. The maximum absolute atomic E-state index is 13.7. The van der Waals surface area contributed by atoms with Crippen LogP contribution in [0.1, 0.15) is 32.6 Å². The number of nitrogens with zero attached hydrogens (tertiary/aromatic N) is 1. The van der Waals surface area contributed by atoms with Crippen LogP contribution in [0.5, 0.6) is 0 Å². The minimum atomic E-state index is -4.93. The second kappa shape index (κ2) is 9.61. The molecule has 0 aliphatic rings. The number of ether oxygens (including phenoxy) is 1. The third kappa shape index (κ3) is 5.41. The monoisotopic (exact) mass is 495 g/mol. The van der Waals surface area contributed by atoms with Gasteiger partial charge >= 0.3 is 18.3 Å². The van der Waals surface area contributed by atoms with Crippen molar-refractivity contribution >= 4 is 28.9 Å². The number of alkyl halides is 6. The third-order valence-electron chi connectivity index (χ3n) is 4.60. The Morgan fingerprint density at radius 2 is 1.24 bits per heavy atom. The molecule has 0 bridgehead atoms. The molecule has 0 amide bonds. The maximum atomic E-state index is 13.7. The Morgan fingerprint density at radius 1 is 0.765 bits per heavy atom. The molecule has 34 heavy (non-hydrogen) atoms. The molecule has 0 aromatic heterocycles. The minimum Gasteiger partial charge on any atom is -0.421 e. The molecular formula is C24H12ClF6NO2. The van der Waals surface area contributed by atoms with E-state index in [1.54, 1.807) is 6.07 Å². The van der Waals surface area contributed by atoms with E-state index in [4.69, 9.17) is 16.3 Å². The van der Waals surface area contributed by atoms with Crippen LogP contribution in [0.3, 0.4) is 0 Å². The molecule has 0 atom stereocenters. The number of nitriles is 1. The summed E-state index contributed by atoms with van der Waals surface area (Å²) in [5.41, 5.74) is -4.68. The van der Waals surface area contributed by atoms with Gasteiger partial charge in [0.1, 0.15) is 11.6 Å². The van der Waals surface area contributed by atoms with Gasteiger partial charge in [-0.15, -0.1) is 0 Å². The van der Waals surface area contributed by atoms with Gasteiger partial charge in [0.15, 0.2) is 5.76 Å². The lowest BCUT2D eigenvalue weighted by Gasteiger charge is -2.18. The molecule has 174 valence electrons. The Bertz CT molecular complexity index is 1290. The molecule has 10 heteroatoms. The van der Waals surface area contributed by atoms with Crippen molar-refractivity contribution in [3.63, 3.8) is 0 Å². The van der Waals surface area contributed by atoms with Gasteiger partial charge in [0, 0.05) is 10.6 Å². The lowest BCUT2D eigenvalue weighted by Crippen LogP contribution is -2.16. The third-order valence-corrected chi connectivity index (χ3v) is 4.85. The number of carbonyl (C=O) groups excluding carboxylic acids is 1. The summed E-state index contributed by atoms with van der Waals surface area (Å²) in [6.45, 7) is 0. The van der Waals surface area contributed by atoms with Crippen molar-refractivity contribution in [1.29, 1.82) is 5.26 Å². The quantitative estimate of drug-likeness (QED) is 0.123. The standard InChI is InChI=1S/C24H12ClF6NO2/c25-15-11-9-14(10-12-15)18(13-32)21(16-5-1-3-7-19(16)23(26,27)28)34-22(33)17-6-2-4-8-20(17)24(29,30)31/h1-12H. The van der Waals surface area contributed by atoms with Gasteiger partial charge in [-0.2, -0.15) is 31.6 Å². The Kier molecular flexibility index (Phi) is 7.03. The predicted octanol–water partition coefficient (Wildman–Crippen LogP) is 7.63. The average Bonchev–Trinajstić information content (AvgIpc) is 2.79. The van der Waals surface area contributed by atoms with E-state index in [2.05, 4.69) is 0 Å². The first-order chi connectivity index (χ1) is 15.9. The molecule has 3 nitrogen and oxygen atoms in total. The first kappa shape index (κ1) is 24.9. The van der Waals surface area contributed by atoms with E-state index < -0.39 is 51.9 Å². The summed E-state index contributed by atoms with van der Waals surface area (Å²) in [5, 5.41) is 10.0. The molecule has 0 fully saturated rings. The van der Waals surface area contributed by atoms with Crippen LogP contribution >= 0.6 is 11.6 Å². The lowest BCUT2D eigenvalue weighted by molar-refractivity contribution is -0.138. The molecule has 3 rings (SSSR count). The van der Waals surface area contributed by atoms with Gasteiger partial charge < -0.3 is 4.74 Å². The van der Waals surface area contributed by atoms with Crippen LogP contribution in [0, 0.1) is 11.3 Å². The molecule has 0 saturated carbocycles. The summed E-state index contributed by atoms with van der Waals surface area (Å²) in [5.74, 6) is -2.43. The van der Waals surface area contributed by atoms with Gasteiger partial charge in [-0.1, -0.05) is 54.1 Å². The summed E-state index contributed by atoms with van der Waals surface area (Å²) in [7, 11) is 0. The molecule has 0 N–H and O–H groups in total. The van der Waals surface area contributed by atoms with Gasteiger partial charge in [-0.25, -0.2) is 4.79 Å². The fraction of sp³-hybridized carbons (Fsp3) is 0.0833. The zero-order valence-corrected chi connectivity index (χ0v) is 17.6. The highest BCUT2D eigenvalue weighted by molar-refractivity contribution is 6.30. The molecule has 0 heterocycles. The predicted molar refractivity (Wildman–Crippen MR) is 112 cm³/mol. The van der Waals surface area contributed by atoms with E-state index in [-0.39, 0.29) is 10.6 Å². The van der Waals surface area contributed by atoms with Crippen LogP contribution in [0.15, 0.2) is 72.8 Å². The van der Waals surface area contributed by atoms with E-state index in [1.165, 1.54) is 30.3 Å². The maximum Gasteiger partial charge on any atom is 0.417 e. The molecule has 0 spiro atoms. The Hall–Kier alpha value is -3.77. The van der Waals surface area contributed by atoms with E-state index in [1.807, 2.05) is 0 Å². The highest BCUT2D eigenvalue weighted by atomic mass is 35.5. The zero-order valence-electron chi connectivity index (χ0n) is 16.8. The highest BCUT2D eigenvalue weighted by Crippen LogP contribution is 2.39. The molecule has 0 radical (unpaired) electrons. The fourth-order valence-corrected chi connectivity index (χ4v) is 3.21. The van der Waals surface area contributed by atoms with Gasteiger partial charge in [0.2, 0.25) is 0 Å². The number of carbonyl (C=O) groups is 1. The van der Waals surface area contributed by atoms with Crippen LogP contribution in [-0.4, -0.2) is 5.97 Å². The summed E-state index contributed by atoms with van der Waals surface area (Å²) in [6.07, 6.45) is -9.85. The van der Waals surface area contributed by atoms with Crippen LogP contribution < -0.4 is 0 Å². The number of hydrogen-bond acceptors (Lipinski definition) is 3. The van der Waals surface area contributed by atoms with Crippen LogP contribution in [0.2, 0.25) is 5.02 Å². The normalized spacial score (nSPS) is 12.5. The number of rotatable bonds is 4.